The van der Waals surface area contributed by atoms with Crippen LogP contribution in [0, 0.1) is 47.7 Å². The maximum Gasteiger partial charge on any atom is 2.00 e. The zero-order chi connectivity index (χ0) is 51.2. The fourth-order valence-corrected chi connectivity index (χ4v) is 9.15. The zero-order valence-corrected chi connectivity index (χ0v) is 46.2. The van der Waals surface area contributed by atoms with E-state index in [4.69, 9.17) is 28.5 Å². The summed E-state index contributed by atoms with van der Waals surface area (Å²) < 4.78 is 23.5. The summed E-state index contributed by atoms with van der Waals surface area (Å²) in [5.74, 6) is 3.26. The smallest absolute Gasteiger partial charge is 1.00 e. The zero-order valence-electron chi connectivity index (χ0n) is 43.2. The molecule has 6 aromatic heterocycles. The molecule has 2 saturated carbocycles. The number of hydrogen-bond acceptors (Lipinski definition) is 15. The van der Waals surface area contributed by atoms with E-state index in [2.05, 4.69) is 31.5 Å². The second-order valence-electron chi connectivity index (χ2n) is 20.0. The molecule has 19 heteroatoms. The maximum absolute atomic E-state index is 13.3. The van der Waals surface area contributed by atoms with Gasteiger partial charge in [-0.05, 0) is 135 Å². The predicted octanol–water partition coefficient (Wildman–Crippen LogP) is 6.78. The molecule has 11 rings (SSSR count). The molecular weight excluding hydrogens is 1030 g/mol. The number of ketones is 1. The van der Waals surface area contributed by atoms with E-state index < -0.39 is 29.5 Å². The molecule has 0 amide bonds. The van der Waals surface area contributed by atoms with E-state index in [0.717, 1.165) is 70.7 Å². The number of nitrogens with zero attached hydrogens (tertiary/aromatic N) is 7. The third-order valence-electron chi connectivity index (χ3n) is 13.1. The van der Waals surface area contributed by atoms with Gasteiger partial charge < -0.3 is 60.8 Å². The quantitative estimate of drug-likeness (QED) is 0.0593. The van der Waals surface area contributed by atoms with E-state index in [1.54, 1.807) is 22.8 Å². The van der Waals surface area contributed by atoms with Gasteiger partial charge in [0.05, 0.1) is 46.3 Å². The number of aryl methyl sites for hydroxylation is 6. The summed E-state index contributed by atoms with van der Waals surface area (Å²) in [7, 11) is 0. The van der Waals surface area contributed by atoms with E-state index in [-0.39, 0.29) is 72.2 Å². The van der Waals surface area contributed by atoms with Crippen molar-refractivity contribution in [3.63, 3.8) is 0 Å². The van der Waals surface area contributed by atoms with Gasteiger partial charge in [0, 0.05) is 52.8 Å². The van der Waals surface area contributed by atoms with Crippen molar-refractivity contribution in [3.05, 3.63) is 130 Å². The minimum absolute atomic E-state index is 0. The molecule has 2 aromatic carbocycles. The molecule has 3 atom stereocenters. The molecule has 4 N–H and O–H groups in total. The van der Waals surface area contributed by atoms with Crippen LogP contribution in [0.2, 0.25) is 0 Å². The summed E-state index contributed by atoms with van der Waals surface area (Å²) in [5, 5.41) is 41.1. The molecule has 2 aliphatic carbocycles. The number of aliphatic hydroxyl groups excluding tert-OH is 2. The molecule has 0 bridgehead atoms. The molecule has 17 nitrogen and oxygen atoms in total. The van der Waals surface area contributed by atoms with Crippen molar-refractivity contribution >= 4 is 57.0 Å². The first kappa shape index (κ1) is 58.6. The summed E-state index contributed by atoms with van der Waals surface area (Å²) >= 11 is 0. The first-order chi connectivity index (χ1) is 34.4. The molecule has 75 heavy (non-hydrogen) atoms. The summed E-state index contributed by atoms with van der Waals surface area (Å²) in [6.07, 6.45) is 5.15. The van der Waals surface area contributed by atoms with Crippen LogP contribution in [0.25, 0.3) is 44.3 Å². The Morgan fingerprint density at radius 2 is 1.47 bits per heavy atom. The standard InChI is InChI=1S/C25H28N4O4.C24H27N3O5.C6H6N.CH4.BrH.Mg/c1-13-5-4-6-20(26-13)25(32,21(31)9-10-30)18-11-17(22-14(2)29-33-15(22)3)12-19-23(18)28-24(27-19)16-7-8-16;1-12-19(13(2)32-26-12)15-10-16(21(28)18-8-9-30-18)20-17(11-15)27(22(25-20)14-6-7-14)23(29)31-24(3,4)5;1-6-4-2-3-5-7-6;;;/h4-6,11-12,16,21,30-32H,7-10H2,1-3H3,(H,27,28);10-11,14,18H,6-9H2,1-5H3;2-4H,1H3;1H4;1H;/q;;-1;;;+2/p-1. The first-order valence-electron chi connectivity index (χ1n) is 24.5. The normalized spacial score (nSPS) is 16.1. The summed E-state index contributed by atoms with van der Waals surface area (Å²) in [6.45, 7) is 17.0. The number of Topliss-reactive ketones (excluding diaryl/α,β-unsaturated/α-hetero) is 1. The Balaban J connectivity index is 0.000000208. The molecule has 3 unspecified atom stereocenters. The van der Waals surface area contributed by atoms with E-state index in [1.807, 2.05) is 105 Å². The summed E-state index contributed by atoms with van der Waals surface area (Å²) in [5.41, 5.74) is 7.38. The van der Waals surface area contributed by atoms with Crippen LogP contribution < -0.4 is 17.0 Å². The number of imidazole rings is 2. The van der Waals surface area contributed by atoms with Gasteiger partial charge in [-0.25, -0.2) is 19.3 Å². The van der Waals surface area contributed by atoms with Gasteiger partial charge in [0.25, 0.3) is 0 Å². The third-order valence-corrected chi connectivity index (χ3v) is 13.1. The number of benzene rings is 2. The number of ether oxygens (including phenoxy) is 2. The molecule has 1 aliphatic heterocycles. The molecule has 8 aromatic rings. The van der Waals surface area contributed by atoms with Crippen LogP contribution in [-0.2, 0) is 15.1 Å². The minimum atomic E-state index is -1.89. The number of aromatic amines is 1. The van der Waals surface area contributed by atoms with Crippen molar-refractivity contribution in [3.8, 4) is 22.3 Å². The Hall–Kier alpha value is -5.67. The number of rotatable bonds is 11. The molecular formula is C56H65BrMgN8O9. The number of halogens is 1. The van der Waals surface area contributed by atoms with Gasteiger partial charge in [0.1, 0.15) is 40.4 Å². The third kappa shape index (κ3) is 12.3. The average molecular weight is 1100 g/mol. The SMILES string of the molecule is C.Cc1ccc[c-]n1.Cc1cccc(C(O)(c2cc(-c3c(C)noc3C)cc3[nH]c(C4CC4)nc23)C(O)CCO)n1.Cc1noc(C)c1-c1cc(C(=O)C2CCO2)c2nc(C3CC3)n(C(=O)OC(C)(C)C)c2c1.[Br-].[Mg+2]. The molecule has 7 heterocycles. The van der Waals surface area contributed by atoms with Crippen molar-refractivity contribution < 1.29 is 60.4 Å². The van der Waals surface area contributed by atoms with Crippen LogP contribution in [0.4, 0.5) is 4.79 Å². The number of H-pyrrole nitrogens is 1. The number of nitrogens with one attached hydrogen (secondary N) is 1. The van der Waals surface area contributed by atoms with Gasteiger partial charge in [-0.3, -0.25) is 9.78 Å². The molecule has 3 fully saturated rings. The van der Waals surface area contributed by atoms with Crippen molar-refractivity contribution in [2.45, 2.75) is 144 Å². The number of pyridine rings is 2. The fourth-order valence-electron chi connectivity index (χ4n) is 9.15. The van der Waals surface area contributed by atoms with E-state index in [9.17, 15) is 24.9 Å². The van der Waals surface area contributed by atoms with Crippen LogP contribution in [-0.4, -0.2) is 121 Å². The van der Waals surface area contributed by atoms with E-state index in [1.165, 1.54) is 0 Å². The number of carbonyl (C=O) groups excluding carboxylic acids is 2. The maximum atomic E-state index is 13.3. The Bertz CT molecular complexity index is 3260. The van der Waals surface area contributed by atoms with Gasteiger partial charge in [0.15, 0.2) is 11.4 Å². The van der Waals surface area contributed by atoms with Gasteiger partial charge in [-0.15, -0.1) is 0 Å². The molecule has 1 saturated heterocycles. The minimum Gasteiger partial charge on any atom is -1.00 e. The van der Waals surface area contributed by atoms with E-state index in [0.29, 0.717) is 81.0 Å². The van der Waals surface area contributed by atoms with Crippen molar-refractivity contribution in [2.75, 3.05) is 13.2 Å². The second kappa shape index (κ2) is 23.7. The largest absolute Gasteiger partial charge is 2.00 e. The summed E-state index contributed by atoms with van der Waals surface area (Å²) in [4.78, 5) is 48.0. The average Bonchev–Trinajstić information content (AvgIpc) is 4.21. The summed E-state index contributed by atoms with van der Waals surface area (Å²) in [6, 6.07) is 18.5. The van der Waals surface area contributed by atoms with Gasteiger partial charge in [-0.2, -0.15) is 18.2 Å². The topological polar surface area (TPSA) is 238 Å². The Labute approximate surface area is 463 Å². The second-order valence-corrected chi connectivity index (χ2v) is 20.0. The number of aromatic nitrogens is 8. The number of fused-ring (bicyclic) bond motifs is 2. The van der Waals surface area contributed by atoms with Gasteiger partial charge >= 0.3 is 29.1 Å². The Morgan fingerprint density at radius 1 is 0.840 bits per heavy atom. The van der Waals surface area contributed by atoms with Crippen molar-refractivity contribution in [1.29, 1.82) is 0 Å². The first-order valence-corrected chi connectivity index (χ1v) is 24.5. The van der Waals surface area contributed by atoms with Crippen LogP contribution in [0.3, 0.4) is 0 Å². The van der Waals surface area contributed by atoms with Gasteiger partial charge in [-0.1, -0.05) is 42.6 Å². The van der Waals surface area contributed by atoms with Crippen LogP contribution in [0.1, 0.15) is 146 Å². The fraction of sp³-hybridized carbons (Fsp3) is 0.429. The van der Waals surface area contributed by atoms with Crippen LogP contribution >= 0.6 is 0 Å². The monoisotopic (exact) mass is 1100 g/mol. The molecule has 3 aliphatic rings. The molecule has 392 valence electrons. The van der Waals surface area contributed by atoms with Gasteiger partial charge in [0.2, 0.25) is 0 Å². The predicted molar refractivity (Wildman–Crippen MR) is 280 cm³/mol. The molecule has 0 spiro atoms. The van der Waals surface area contributed by atoms with Crippen molar-refractivity contribution in [2.24, 2.45) is 0 Å². The number of carbonyl (C=O) groups is 2. The Morgan fingerprint density at radius 3 is 1.96 bits per heavy atom. The van der Waals surface area contributed by atoms with E-state index >= 15 is 0 Å². The molecule has 0 radical (unpaired) electrons. The van der Waals surface area contributed by atoms with Crippen LogP contribution in [0.15, 0.2) is 69.7 Å². The number of hydrogen-bond donors (Lipinski definition) is 4. The van der Waals surface area contributed by atoms with Crippen LogP contribution in [0.5, 0.6) is 0 Å². The number of aliphatic hydroxyl groups is 3. The van der Waals surface area contributed by atoms with Crippen molar-refractivity contribution in [1.82, 2.24) is 39.8 Å². The Kier molecular flexibility index (Phi) is 18.5.